The molecule has 2 rings (SSSR count). The van der Waals surface area contributed by atoms with E-state index in [-0.39, 0.29) is 10.9 Å². The number of benzene rings is 1. The van der Waals surface area contributed by atoms with Crippen LogP contribution in [0.4, 0.5) is 10.1 Å². The monoisotopic (exact) mass is 244 g/mol. The van der Waals surface area contributed by atoms with E-state index in [0.717, 1.165) is 12.5 Å². The van der Waals surface area contributed by atoms with Gasteiger partial charge in [0, 0.05) is 6.04 Å². The summed E-state index contributed by atoms with van der Waals surface area (Å²) >= 11 is 0. The summed E-state index contributed by atoms with van der Waals surface area (Å²) in [7, 11) is -3.83. The van der Waals surface area contributed by atoms with Crippen molar-refractivity contribution in [1.29, 1.82) is 0 Å². The molecule has 6 heteroatoms. The molecule has 1 saturated carbocycles. The Morgan fingerprint density at radius 3 is 2.56 bits per heavy atom. The van der Waals surface area contributed by atoms with E-state index in [1.54, 1.807) is 0 Å². The van der Waals surface area contributed by atoms with Crippen LogP contribution in [0.2, 0.25) is 0 Å². The molecule has 0 spiro atoms. The van der Waals surface area contributed by atoms with E-state index in [2.05, 4.69) is 12.2 Å². The minimum absolute atomic E-state index is 0.209. The van der Waals surface area contributed by atoms with Crippen molar-refractivity contribution in [2.24, 2.45) is 11.1 Å². The van der Waals surface area contributed by atoms with Crippen LogP contribution in [-0.4, -0.2) is 14.5 Å². The molecule has 1 aromatic rings. The van der Waals surface area contributed by atoms with Crippen LogP contribution in [0.15, 0.2) is 23.1 Å². The Morgan fingerprint density at radius 2 is 2.12 bits per heavy atom. The number of primary sulfonamides is 1. The summed E-state index contributed by atoms with van der Waals surface area (Å²) in [5, 5.41) is 7.90. The van der Waals surface area contributed by atoms with Crippen molar-refractivity contribution < 1.29 is 12.8 Å². The molecule has 0 saturated heterocycles. The Hall–Kier alpha value is -1.14. The standard InChI is InChI=1S/C10H13FN2O2S/c1-6-4-10(6)13-9-3-2-7(5-8(9)11)16(12,14)15/h2-3,5-6,10,13H,4H2,1H3,(H2,12,14,15). The molecule has 3 N–H and O–H groups in total. The molecule has 0 aliphatic heterocycles. The fourth-order valence-electron chi connectivity index (χ4n) is 1.51. The largest absolute Gasteiger partial charge is 0.380 e. The fraction of sp³-hybridized carbons (Fsp3) is 0.400. The maximum absolute atomic E-state index is 13.5. The average molecular weight is 244 g/mol. The Kier molecular flexibility index (Phi) is 2.63. The Balaban J connectivity index is 2.23. The molecular weight excluding hydrogens is 231 g/mol. The van der Waals surface area contributed by atoms with Crippen LogP contribution < -0.4 is 10.5 Å². The van der Waals surface area contributed by atoms with Crippen molar-refractivity contribution in [2.45, 2.75) is 24.3 Å². The first-order valence-electron chi connectivity index (χ1n) is 4.97. The van der Waals surface area contributed by atoms with E-state index in [1.165, 1.54) is 12.1 Å². The molecule has 1 aromatic carbocycles. The Bertz CT molecular complexity index is 516. The molecule has 88 valence electrons. The molecule has 1 aliphatic rings. The molecule has 16 heavy (non-hydrogen) atoms. The first-order chi connectivity index (χ1) is 7.38. The molecule has 0 heterocycles. The van der Waals surface area contributed by atoms with Gasteiger partial charge in [0.05, 0.1) is 10.6 Å². The highest BCUT2D eigenvalue weighted by atomic mass is 32.2. The van der Waals surface area contributed by atoms with Gasteiger partial charge in [-0.1, -0.05) is 6.92 Å². The highest BCUT2D eigenvalue weighted by molar-refractivity contribution is 7.89. The molecule has 2 atom stereocenters. The second kappa shape index (κ2) is 3.71. The summed E-state index contributed by atoms with van der Waals surface area (Å²) in [5.74, 6) is -0.0528. The lowest BCUT2D eigenvalue weighted by Gasteiger charge is -2.07. The van der Waals surface area contributed by atoms with Gasteiger partial charge in [0.1, 0.15) is 5.82 Å². The minimum atomic E-state index is -3.83. The van der Waals surface area contributed by atoms with Crippen molar-refractivity contribution in [1.82, 2.24) is 0 Å². The molecule has 0 bridgehead atoms. The summed E-state index contributed by atoms with van der Waals surface area (Å²) in [6, 6.07) is 3.92. The topological polar surface area (TPSA) is 72.2 Å². The zero-order valence-electron chi connectivity index (χ0n) is 8.77. The fourth-order valence-corrected chi connectivity index (χ4v) is 2.04. The van der Waals surface area contributed by atoms with Crippen LogP contribution in [0.25, 0.3) is 0 Å². The molecule has 0 amide bonds. The third-order valence-electron chi connectivity index (χ3n) is 2.72. The maximum Gasteiger partial charge on any atom is 0.238 e. The Labute approximate surface area is 93.7 Å². The van der Waals surface area contributed by atoms with Gasteiger partial charge in [-0.15, -0.1) is 0 Å². The Morgan fingerprint density at radius 1 is 1.50 bits per heavy atom. The summed E-state index contributed by atoms with van der Waals surface area (Å²) in [6.07, 6.45) is 1.01. The molecule has 0 radical (unpaired) electrons. The highest BCUT2D eigenvalue weighted by Crippen LogP contribution is 2.33. The van der Waals surface area contributed by atoms with Gasteiger partial charge in [0.2, 0.25) is 10.0 Å². The van der Waals surface area contributed by atoms with E-state index >= 15 is 0 Å². The van der Waals surface area contributed by atoms with Crippen molar-refractivity contribution in [2.75, 3.05) is 5.32 Å². The van der Waals surface area contributed by atoms with Gasteiger partial charge in [0.15, 0.2) is 0 Å². The van der Waals surface area contributed by atoms with Crippen molar-refractivity contribution in [3.63, 3.8) is 0 Å². The molecular formula is C10H13FN2O2S. The zero-order chi connectivity index (χ0) is 11.9. The smallest absolute Gasteiger partial charge is 0.238 e. The lowest BCUT2D eigenvalue weighted by Crippen LogP contribution is -2.13. The third-order valence-corrected chi connectivity index (χ3v) is 3.63. The van der Waals surface area contributed by atoms with Gasteiger partial charge >= 0.3 is 0 Å². The van der Waals surface area contributed by atoms with E-state index in [1.807, 2.05) is 0 Å². The molecule has 4 nitrogen and oxygen atoms in total. The number of nitrogens with one attached hydrogen (secondary N) is 1. The molecule has 2 unspecified atom stereocenters. The lowest BCUT2D eigenvalue weighted by atomic mass is 10.3. The van der Waals surface area contributed by atoms with Crippen molar-refractivity contribution >= 4 is 15.7 Å². The third kappa shape index (κ3) is 2.33. The van der Waals surface area contributed by atoms with Crippen LogP contribution in [-0.2, 0) is 10.0 Å². The first-order valence-corrected chi connectivity index (χ1v) is 6.51. The van der Waals surface area contributed by atoms with Crippen LogP contribution in [0.1, 0.15) is 13.3 Å². The lowest BCUT2D eigenvalue weighted by molar-refractivity contribution is 0.592. The predicted molar refractivity (Wildman–Crippen MR) is 59.0 cm³/mol. The van der Waals surface area contributed by atoms with E-state index in [4.69, 9.17) is 5.14 Å². The van der Waals surface area contributed by atoms with Crippen LogP contribution in [0.3, 0.4) is 0 Å². The van der Waals surface area contributed by atoms with Crippen LogP contribution in [0, 0.1) is 11.7 Å². The van der Waals surface area contributed by atoms with Crippen LogP contribution in [0.5, 0.6) is 0 Å². The molecule has 1 aliphatic carbocycles. The van der Waals surface area contributed by atoms with Crippen molar-refractivity contribution in [3.05, 3.63) is 24.0 Å². The summed E-state index contributed by atoms with van der Waals surface area (Å²) in [6.45, 7) is 2.06. The normalized spacial score (nSPS) is 24.2. The second-order valence-electron chi connectivity index (χ2n) is 4.15. The molecule has 0 aromatic heterocycles. The number of halogens is 1. The van der Waals surface area contributed by atoms with E-state index < -0.39 is 15.8 Å². The number of anilines is 1. The van der Waals surface area contributed by atoms with Gasteiger partial charge in [-0.2, -0.15) is 0 Å². The maximum atomic E-state index is 13.5. The number of rotatable bonds is 3. The van der Waals surface area contributed by atoms with Gasteiger partial charge < -0.3 is 5.32 Å². The van der Waals surface area contributed by atoms with Gasteiger partial charge in [-0.05, 0) is 30.5 Å². The highest BCUT2D eigenvalue weighted by Gasteiger charge is 2.32. The van der Waals surface area contributed by atoms with E-state index in [9.17, 15) is 12.8 Å². The van der Waals surface area contributed by atoms with Gasteiger partial charge in [-0.25, -0.2) is 17.9 Å². The number of hydrogen-bond donors (Lipinski definition) is 2. The quantitative estimate of drug-likeness (QED) is 0.841. The first kappa shape index (κ1) is 11.3. The van der Waals surface area contributed by atoms with E-state index in [0.29, 0.717) is 11.6 Å². The summed E-state index contributed by atoms with van der Waals surface area (Å²) < 4.78 is 35.5. The zero-order valence-corrected chi connectivity index (χ0v) is 9.59. The SMILES string of the molecule is CC1CC1Nc1ccc(S(N)(=O)=O)cc1F. The number of nitrogens with two attached hydrogens (primary N) is 1. The second-order valence-corrected chi connectivity index (χ2v) is 5.71. The van der Waals surface area contributed by atoms with Crippen LogP contribution >= 0.6 is 0 Å². The van der Waals surface area contributed by atoms with Gasteiger partial charge in [0.25, 0.3) is 0 Å². The van der Waals surface area contributed by atoms with Crippen molar-refractivity contribution in [3.8, 4) is 0 Å². The number of sulfonamides is 1. The summed E-state index contributed by atoms with van der Waals surface area (Å²) in [5.41, 5.74) is 0.321. The minimum Gasteiger partial charge on any atom is -0.380 e. The average Bonchev–Trinajstić information content (AvgIpc) is 2.84. The summed E-state index contributed by atoms with van der Waals surface area (Å²) in [4.78, 5) is -0.209. The number of hydrogen-bond acceptors (Lipinski definition) is 3. The molecule has 1 fully saturated rings. The predicted octanol–water partition coefficient (Wildman–Crippen LogP) is 1.29. The van der Waals surface area contributed by atoms with Gasteiger partial charge in [-0.3, -0.25) is 0 Å².